The van der Waals surface area contributed by atoms with E-state index in [1.165, 1.54) is 31.6 Å². The maximum absolute atomic E-state index is 15.1. The first kappa shape index (κ1) is 32.8. The molecule has 16 heteroatoms. The van der Waals surface area contributed by atoms with Gasteiger partial charge in [-0.3, -0.25) is 14.4 Å². The van der Waals surface area contributed by atoms with E-state index < -0.39 is 55.8 Å². The number of rotatable bonds is 10. The van der Waals surface area contributed by atoms with Gasteiger partial charge in [-0.2, -0.15) is 13.2 Å². The van der Waals surface area contributed by atoms with Gasteiger partial charge in [0.15, 0.2) is 0 Å². The van der Waals surface area contributed by atoms with E-state index in [1.807, 2.05) is 0 Å². The molecule has 2 aromatic carbocycles. The van der Waals surface area contributed by atoms with Gasteiger partial charge in [0.2, 0.25) is 5.91 Å². The van der Waals surface area contributed by atoms with E-state index in [4.69, 9.17) is 9.84 Å². The molecule has 2 aliphatic rings. The van der Waals surface area contributed by atoms with Crippen molar-refractivity contribution in [2.24, 2.45) is 17.8 Å². The molecule has 2 bridgehead atoms. The van der Waals surface area contributed by atoms with E-state index in [-0.39, 0.29) is 58.6 Å². The smallest absolute Gasteiger partial charge is 0.496 e. The van der Waals surface area contributed by atoms with Gasteiger partial charge in [-0.25, -0.2) is 22.8 Å². The summed E-state index contributed by atoms with van der Waals surface area (Å²) in [6.07, 6.45) is 4.52. The number of amides is 2. The van der Waals surface area contributed by atoms with Crippen LogP contribution in [0.2, 0.25) is 0 Å². The van der Waals surface area contributed by atoms with Crippen molar-refractivity contribution < 1.29 is 50.2 Å². The minimum absolute atomic E-state index is 0.0216. The number of aliphatic carboxylic acids is 1. The number of hydrogen-bond donors (Lipinski definition) is 3. The molecule has 2 fully saturated rings. The summed E-state index contributed by atoms with van der Waals surface area (Å²) < 4.78 is 83.3. The predicted molar refractivity (Wildman–Crippen MR) is 154 cm³/mol. The van der Waals surface area contributed by atoms with Gasteiger partial charge < -0.3 is 20.5 Å². The number of benzene rings is 2. The fraction of sp³-hybridized carbons (Fsp3) is 0.367. The number of carbonyl (C=O) groups is 3. The number of hydrogen-bond acceptors (Lipinski definition) is 8. The molecule has 0 spiro atoms. The van der Waals surface area contributed by atoms with Crippen LogP contribution in [0.15, 0.2) is 53.7 Å². The molecule has 0 saturated heterocycles. The lowest BCUT2D eigenvalue weighted by Crippen LogP contribution is -2.48. The summed E-state index contributed by atoms with van der Waals surface area (Å²) in [5, 5.41) is 14.2. The van der Waals surface area contributed by atoms with Crippen LogP contribution >= 0.6 is 0 Å². The second-order valence-corrected chi connectivity index (χ2v) is 13.1. The fourth-order valence-electron chi connectivity index (χ4n) is 6.17. The number of fused-ring (bicyclic) bond motifs is 2. The topological polar surface area (TPSA) is 165 Å². The summed E-state index contributed by atoms with van der Waals surface area (Å²) in [7, 11) is -4.38. The molecular weight excluding hydrogens is 636 g/mol. The highest BCUT2D eigenvalue weighted by Crippen LogP contribution is 2.49. The minimum atomic E-state index is -5.64. The van der Waals surface area contributed by atoms with E-state index >= 15 is 4.39 Å². The molecule has 2 saturated carbocycles. The Labute approximate surface area is 260 Å². The number of aromatic nitrogens is 2. The molecule has 0 aliphatic heterocycles. The highest BCUT2D eigenvalue weighted by molar-refractivity contribution is 7.92. The Kier molecular flexibility index (Phi) is 9.02. The number of halogens is 4. The maximum atomic E-state index is 15.1. The van der Waals surface area contributed by atoms with E-state index in [9.17, 15) is 36.0 Å². The average Bonchev–Trinajstić information content (AvgIpc) is 3.62. The number of carboxylic acids is 1. The number of ether oxygens (including phenoxy) is 1. The summed E-state index contributed by atoms with van der Waals surface area (Å²) in [6, 6.07) is 5.47. The molecule has 4 unspecified atom stereocenters. The highest BCUT2D eigenvalue weighted by Gasteiger charge is 2.52. The van der Waals surface area contributed by atoms with E-state index in [0.29, 0.717) is 12.8 Å². The van der Waals surface area contributed by atoms with Crippen molar-refractivity contribution in [1.82, 2.24) is 15.3 Å². The van der Waals surface area contributed by atoms with Crippen LogP contribution in [-0.2, 0) is 25.8 Å². The Morgan fingerprint density at radius 1 is 1.07 bits per heavy atom. The van der Waals surface area contributed by atoms with Crippen LogP contribution in [0, 0.1) is 23.6 Å². The quantitative estimate of drug-likeness (QED) is 0.267. The standard InChI is InChI=1S/C30H28F4N4O7S/c1-45-23-12-22(31)20(17-13-35-24(36-14-17)7-8-25(39)40)11-21(23)28(41)38-27-16-6-5-15(9-16)26(27)29(42)37-18-3-2-4-19(10-18)46(43,44)30(32,33)34/h2-4,10-16,26-27H,5-9H2,1H3,(H,37,42)(H,38,41)(H,39,40). The number of sulfone groups is 1. The van der Waals surface area contributed by atoms with Crippen LogP contribution in [0.3, 0.4) is 0 Å². The lowest BCUT2D eigenvalue weighted by Gasteiger charge is -2.31. The van der Waals surface area contributed by atoms with Crippen LogP contribution in [0.5, 0.6) is 5.75 Å². The molecule has 46 heavy (non-hydrogen) atoms. The number of nitrogens with zero attached hydrogens (tertiary/aromatic N) is 2. The summed E-state index contributed by atoms with van der Waals surface area (Å²) in [6.45, 7) is 0. The molecule has 1 aromatic heterocycles. The van der Waals surface area contributed by atoms with Gasteiger partial charge in [0.1, 0.15) is 17.4 Å². The number of nitrogens with one attached hydrogen (secondary N) is 2. The van der Waals surface area contributed by atoms with Gasteiger partial charge in [0.05, 0.1) is 29.9 Å². The first-order chi connectivity index (χ1) is 21.7. The second kappa shape index (κ2) is 12.7. The van der Waals surface area contributed by atoms with E-state index in [1.54, 1.807) is 0 Å². The molecule has 2 aliphatic carbocycles. The van der Waals surface area contributed by atoms with Crippen molar-refractivity contribution in [3.63, 3.8) is 0 Å². The van der Waals surface area contributed by atoms with Crippen molar-refractivity contribution in [2.45, 2.75) is 48.5 Å². The molecule has 0 radical (unpaired) electrons. The highest BCUT2D eigenvalue weighted by atomic mass is 32.2. The summed E-state index contributed by atoms with van der Waals surface area (Å²) in [4.78, 5) is 45.0. The minimum Gasteiger partial charge on any atom is -0.496 e. The van der Waals surface area contributed by atoms with Crippen molar-refractivity contribution in [1.29, 1.82) is 0 Å². The van der Waals surface area contributed by atoms with Gasteiger partial charge in [-0.1, -0.05) is 6.07 Å². The zero-order chi connectivity index (χ0) is 33.4. The van der Waals surface area contributed by atoms with Crippen LogP contribution in [-0.4, -0.2) is 59.9 Å². The number of methoxy groups -OCH3 is 1. The van der Waals surface area contributed by atoms with Gasteiger partial charge in [0, 0.05) is 47.7 Å². The molecule has 4 atom stereocenters. The first-order valence-corrected chi connectivity index (χ1v) is 15.6. The second-order valence-electron chi connectivity index (χ2n) is 11.1. The summed E-state index contributed by atoms with van der Waals surface area (Å²) in [5.74, 6) is -3.84. The number of aryl methyl sites for hydroxylation is 1. The Morgan fingerprint density at radius 2 is 1.76 bits per heavy atom. The largest absolute Gasteiger partial charge is 0.501 e. The zero-order valence-corrected chi connectivity index (χ0v) is 25.0. The van der Waals surface area contributed by atoms with Crippen molar-refractivity contribution in [3.05, 3.63) is 66.0 Å². The summed E-state index contributed by atoms with van der Waals surface area (Å²) >= 11 is 0. The Balaban J connectivity index is 1.37. The van der Waals surface area contributed by atoms with Crippen molar-refractivity contribution in [2.75, 3.05) is 12.4 Å². The molecule has 3 aromatic rings. The molecule has 2 amide bonds. The molecular formula is C30H28F4N4O7S. The maximum Gasteiger partial charge on any atom is 0.501 e. The monoisotopic (exact) mass is 664 g/mol. The summed E-state index contributed by atoms with van der Waals surface area (Å²) in [5.41, 5.74) is -5.51. The SMILES string of the molecule is COc1cc(F)c(-c2cnc(CCC(=O)O)nc2)cc1C(=O)NC1C2CCC(C2)C1C(=O)Nc1cccc(S(=O)(=O)C(F)(F)F)c1. The van der Waals surface area contributed by atoms with Gasteiger partial charge in [0.25, 0.3) is 15.7 Å². The van der Waals surface area contributed by atoms with E-state index in [0.717, 1.165) is 30.7 Å². The Morgan fingerprint density at radius 3 is 2.41 bits per heavy atom. The van der Waals surface area contributed by atoms with Gasteiger partial charge >= 0.3 is 11.5 Å². The number of anilines is 1. The predicted octanol–water partition coefficient (Wildman–Crippen LogP) is 4.39. The Hall–Kier alpha value is -4.60. The number of carboxylic acid groups (broad SMARTS) is 1. The van der Waals surface area contributed by atoms with Gasteiger partial charge in [-0.15, -0.1) is 0 Å². The van der Waals surface area contributed by atoms with Crippen molar-refractivity contribution in [3.8, 4) is 16.9 Å². The van der Waals surface area contributed by atoms with Crippen LogP contribution < -0.4 is 15.4 Å². The average molecular weight is 665 g/mol. The number of carbonyl (C=O) groups excluding carboxylic acids is 2. The zero-order valence-electron chi connectivity index (χ0n) is 24.2. The third-order valence-corrected chi connectivity index (χ3v) is 9.83. The third-order valence-electron chi connectivity index (χ3n) is 8.35. The normalized spacial score (nSPS) is 20.7. The molecule has 11 nitrogen and oxygen atoms in total. The molecule has 244 valence electrons. The molecule has 1 heterocycles. The lowest BCUT2D eigenvalue weighted by molar-refractivity contribution is -0.137. The fourth-order valence-corrected chi connectivity index (χ4v) is 6.98. The Bertz CT molecular complexity index is 1780. The van der Waals surface area contributed by atoms with Gasteiger partial charge in [-0.05, 0) is 55.4 Å². The molecule has 5 rings (SSSR count). The first-order valence-electron chi connectivity index (χ1n) is 14.1. The van der Waals surface area contributed by atoms with Crippen LogP contribution in [0.25, 0.3) is 11.1 Å². The molecule has 3 N–H and O–H groups in total. The lowest BCUT2D eigenvalue weighted by atomic mass is 9.83. The number of alkyl halides is 3. The van der Waals surface area contributed by atoms with Crippen LogP contribution in [0.4, 0.5) is 23.2 Å². The van der Waals surface area contributed by atoms with Crippen LogP contribution in [0.1, 0.15) is 41.9 Å². The van der Waals surface area contributed by atoms with E-state index in [2.05, 4.69) is 20.6 Å². The third kappa shape index (κ3) is 6.52. The van der Waals surface area contributed by atoms with Crippen molar-refractivity contribution >= 4 is 33.3 Å².